The van der Waals surface area contributed by atoms with Gasteiger partial charge in [-0.15, -0.1) is 0 Å². The topological polar surface area (TPSA) is 115 Å². The number of aromatic hydroxyl groups is 1. The number of amides is 1. The molecule has 0 heterocycles. The molecule has 0 saturated heterocycles. The summed E-state index contributed by atoms with van der Waals surface area (Å²) in [5.74, 6) is -1.67. The fourth-order valence-corrected chi connectivity index (χ4v) is 1.32. The first kappa shape index (κ1) is 13.3. The quantitative estimate of drug-likeness (QED) is 0.415. The summed E-state index contributed by atoms with van der Waals surface area (Å²) in [5, 5.41) is 9.67. The first-order valence-electron chi connectivity index (χ1n) is 5.01. The van der Waals surface area contributed by atoms with Crippen molar-refractivity contribution in [1.82, 2.24) is 0 Å². The van der Waals surface area contributed by atoms with Crippen LogP contribution in [0.15, 0.2) is 17.1 Å². The van der Waals surface area contributed by atoms with E-state index in [9.17, 15) is 9.90 Å². The van der Waals surface area contributed by atoms with Crippen LogP contribution in [0, 0.1) is 6.57 Å². The average molecular weight is 248 g/mol. The summed E-state index contributed by atoms with van der Waals surface area (Å²) in [6.07, 6.45) is 0. The van der Waals surface area contributed by atoms with Gasteiger partial charge in [-0.05, 0) is 19.1 Å². The molecule has 7 nitrogen and oxygen atoms in total. The van der Waals surface area contributed by atoms with Gasteiger partial charge in [0.25, 0.3) is 5.91 Å². The lowest BCUT2D eigenvalue weighted by Gasteiger charge is -2.11. The number of hydrogen-bond donors (Lipinski definition) is 3. The second-order valence-corrected chi connectivity index (χ2v) is 3.19. The van der Waals surface area contributed by atoms with Crippen molar-refractivity contribution in [3.63, 3.8) is 0 Å². The Morgan fingerprint density at radius 2 is 2.22 bits per heavy atom. The van der Waals surface area contributed by atoms with E-state index >= 15 is 0 Å². The zero-order valence-electron chi connectivity index (χ0n) is 9.67. The van der Waals surface area contributed by atoms with Gasteiger partial charge in [-0.3, -0.25) is 4.79 Å². The number of benzene rings is 1. The molecule has 0 spiro atoms. The third-order valence-electron chi connectivity index (χ3n) is 1.97. The number of carbonyl (C=O) groups excluding carboxylic acids is 1. The maximum Gasteiger partial charge on any atom is 0.286 e. The minimum absolute atomic E-state index is 0.0255. The first-order valence-corrected chi connectivity index (χ1v) is 5.01. The minimum atomic E-state index is -0.860. The number of hydrogen-bond acceptors (Lipinski definition) is 3. The Hall–Kier alpha value is -2.75. The van der Waals surface area contributed by atoms with Crippen molar-refractivity contribution >= 4 is 17.6 Å². The van der Waals surface area contributed by atoms with Crippen LogP contribution < -0.4 is 16.2 Å². The summed E-state index contributed by atoms with van der Waals surface area (Å²) in [6.45, 7) is 8.90. The van der Waals surface area contributed by atoms with Gasteiger partial charge in [-0.2, -0.15) is 4.99 Å². The number of guanidine groups is 1. The highest BCUT2D eigenvalue weighted by Gasteiger charge is 2.21. The van der Waals surface area contributed by atoms with Gasteiger partial charge >= 0.3 is 0 Å². The predicted octanol–water partition coefficient (Wildman–Crippen LogP) is 0.755. The number of ether oxygens (including phenoxy) is 1. The Morgan fingerprint density at radius 1 is 1.56 bits per heavy atom. The molecule has 0 aliphatic carbocycles. The summed E-state index contributed by atoms with van der Waals surface area (Å²) in [7, 11) is 0. The van der Waals surface area contributed by atoms with E-state index in [2.05, 4.69) is 9.84 Å². The third-order valence-corrected chi connectivity index (χ3v) is 1.97. The number of rotatable bonds is 3. The van der Waals surface area contributed by atoms with Crippen molar-refractivity contribution in [2.75, 3.05) is 6.61 Å². The van der Waals surface area contributed by atoms with E-state index in [-0.39, 0.29) is 29.4 Å². The van der Waals surface area contributed by atoms with Gasteiger partial charge in [0.2, 0.25) is 5.69 Å². The van der Waals surface area contributed by atoms with Crippen molar-refractivity contribution in [2.24, 2.45) is 16.5 Å². The molecule has 1 aromatic rings. The van der Waals surface area contributed by atoms with Crippen LogP contribution in [0.5, 0.6) is 11.5 Å². The zero-order chi connectivity index (χ0) is 13.7. The number of nitrogens with two attached hydrogens (primary N) is 2. The zero-order valence-corrected chi connectivity index (χ0v) is 9.67. The standard InChI is InChI=1S/C11H12N4O3/c1-3-18-9-6(14-2)4-5-7(16)8(9)10(17)15-11(12)13/h4-5,16H,3H2,1H3,(H4,12,13,15,17). The second-order valence-electron chi connectivity index (χ2n) is 3.19. The number of nitrogens with zero attached hydrogens (tertiary/aromatic N) is 2. The second kappa shape index (κ2) is 5.54. The molecule has 0 fully saturated rings. The lowest BCUT2D eigenvalue weighted by Crippen LogP contribution is -2.24. The Morgan fingerprint density at radius 3 is 2.72 bits per heavy atom. The molecular formula is C11H12N4O3. The van der Waals surface area contributed by atoms with Gasteiger partial charge in [-0.25, -0.2) is 4.85 Å². The monoisotopic (exact) mass is 248 g/mol. The van der Waals surface area contributed by atoms with Crippen LogP contribution in [0.3, 0.4) is 0 Å². The summed E-state index contributed by atoms with van der Waals surface area (Å²) in [4.78, 5) is 18.3. The number of aliphatic imine (C=N–C) groups is 1. The molecule has 0 atom stereocenters. The molecule has 1 aromatic carbocycles. The fourth-order valence-electron chi connectivity index (χ4n) is 1.32. The van der Waals surface area contributed by atoms with E-state index < -0.39 is 11.9 Å². The van der Waals surface area contributed by atoms with E-state index in [0.717, 1.165) is 0 Å². The van der Waals surface area contributed by atoms with E-state index in [4.69, 9.17) is 22.8 Å². The molecule has 7 heteroatoms. The lowest BCUT2D eigenvalue weighted by molar-refractivity contribution is 0.0996. The fraction of sp³-hybridized carbons (Fsp3) is 0.182. The molecule has 0 aliphatic rings. The van der Waals surface area contributed by atoms with Crippen LogP contribution in [0.2, 0.25) is 0 Å². The molecule has 1 amide bonds. The van der Waals surface area contributed by atoms with Crippen molar-refractivity contribution in [1.29, 1.82) is 0 Å². The Bertz CT molecular complexity index is 542. The maximum atomic E-state index is 11.7. The molecule has 0 aromatic heterocycles. The molecule has 0 radical (unpaired) electrons. The van der Waals surface area contributed by atoms with Gasteiger partial charge in [-0.1, -0.05) is 0 Å². The van der Waals surface area contributed by atoms with E-state index in [1.165, 1.54) is 12.1 Å². The third kappa shape index (κ3) is 2.68. The van der Waals surface area contributed by atoms with E-state index in [0.29, 0.717) is 0 Å². The lowest BCUT2D eigenvalue weighted by atomic mass is 10.1. The largest absolute Gasteiger partial charge is 0.507 e. The first-order chi connectivity index (χ1) is 8.51. The molecule has 0 saturated carbocycles. The van der Waals surface area contributed by atoms with Crippen LogP contribution in [0.4, 0.5) is 5.69 Å². The minimum Gasteiger partial charge on any atom is -0.507 e. The summed E-state index contributed by atoms with van der Waals surface area (Å²) >= 11 is 0. The number of phenols is 1. The number of phenolic OH excluding ortho intramolecular Hbond substituents is 1. The van der Waals surface area contributed by atoms with Gasteiger partial charge in [0, 0.05) is 0 Å². The predicted molar refractivity (Wildman–Crippen MR) is 65.7 cm³/mol. The SMILES string of the molecule is [C-]#[N+]c1ccc(O)c(C(=O)N=C(N)N)c1OCC. The van der Waals surface area contributed by atoms with Gasteiger partial charge in [0.15, 0.2) is 5.96 Å². The molecule has 5 N–H and O–H groups in total. The van der Waals surface area contributed by atoms with E-state index in [1.807, 2.05) is 0 Å². The molecule has 1 rings (SSSR count). The van der Waals surface area contributed by atoms with Gasteiger partial charge in [0.05, 0.1) is 13.2 Å². The van der Waals surface area contributed by atoms with Crippen LogP contribution in [-0.2, 0) is 0 Å². The van der Waals surface area contributed by atoms with Crippen molar-refractivity contribution in [3.05, 3.63) is 29.1 Å². The summed E-state index contributed by atoms with van der Waals surface area (Å²) < 4.78 is 5.20. The average Bonchev–Trinajstić information content (AvgIpc) is 2.28. The summed E-state index contributed by atoms with van der Waals surface area (Å²) in [5.41, 5.74) is 10.1. The molecule has 0 aliphatic heterocycles. The van der Waals surface area contributed by atoms with Crippen molar-refractivity contribution in [3.8, 4) is 11.5 Å². The van der Waals surface area contributed by atoms with Gasteiger partial charge in [0.1, 0.15) is 17.1 Å². The van der Waals surface area contributed by atoms with Gasteiger partial charge < -0.3 is 21.3 Å². The van der Waals surface area contributed by atoms with Crippen LogP contribution in [-0.4, -0.2) is 23.6 Å². The molecule has 18 heavy (non-hydrogen) atoms. The van der Waals surface area contributed by atoms with E-state index in [1.54, 1.807) is 6.92 Å². The van der Waals surface area contributed by atoms with Crippen LogP contribution in [0.25, 0.3) is 4.85 Å². The van der Waals surface area contributed by atoms with Crippen LogP contribution >= 0.6 is 0 Å². The Balaban J connectivity index is 3.45. The molecule has 0 unspecified atom stereocenters. The smallest absolute Gasteiger partial charge is 0.286 e. The van der Waals surface area contributed by atoms with Crippen molar-refractivity contribution < 1.29 is 14.6 Å². The summed E-state index contributed by atoms with van der Waals surface area (Å²) in [6, 6.07) is 2.56. The Kier molecular flexibility index (Phi) is 4.10. The van der Waals surface area contributed by atoms with Crippen molar-refractivity contribution in [2.45, 2.75) is 6.92 Å². The molecule has 0 bridgehead atoms. The van der Waals surface area contributed by atoms with Crippen LogP contribution in [0.1, 0.15) is 17.3 Å². The molecular weight excluding hydrogens is 236 g/mol. The molecule has 94 valence electrons. The highest BCUT2D eigenvalue weighted by Crippen LogP contribution is 2.37. The highest BCUT2D eigenvalue weighted by molar-refractivity contribution is 6.06. The maximum absolute atomic E-state index is 11.7. The number of carbonyl (C=O) groups is 1. The Labute approximate surface area is 104 Å². The highest BCUT2D eigenvalue weighted by atomic mass is 16.5. The normalized spacial score (nSPS) is 9.33.